The summed E-state index contributed by atoms with van der Waals surface area (Å²) in [7, 11) is -0.651. The van der Waals surface area contributed by atoms with E-state index in [1.54, 1.807) is 6.92 Å². The molecule has 0 spiro atoms. The topological polar surface area (TPSA) is 40.5 Å². The minimum Gasteiger partial charge on any atom is -0.393 e. The number of aliphatic hydroxyl groups is 1. The van der Waals surface area contributed by atoms with Crippen LogP contribution in [0, 0.1) is 11.8 Å². The second-order valence-corrected chi connectivity index (χ2v) is 9.29. The molecular weight excluding hydrogens is 242 g/mol. The number of nitrogens with zero attached hydrogens (tertiary/aromatic N) is 1. The maximum absolute atomic E-state index is 12.2. The molecule has 0 aromatic heterocycles. The van der Waals surface area contributed by atoms with Crippen molar-refractivity contribution in [2.24, 2.45) is 11.8 Å². The summed E-state index contributed by atoms with van der Waals surface area (Å²) in [6.45, 7) is 14.4. The quantitative estimate of drug-likeness (QED) is 0.453. The van der Waals surface area contributed by atoms with E-state index in [2.05, 4.69) is 38.8 Å². The maximum atomic E-state index is 12.2. The van der Waals surface area contributed by atoms with Crippen LogP contribution < -0.4 is 0 Å². The number of aliphatic hydroxyl groups excluding tert-OH is 1. The number of carbonyl (C=O) groups is 1. The van der Waals surface area contributed by atoms with Gasteiger partial charge < -0.3 is 9.67 Å². The third kappa shape index (κ3) is 2.86. The predicted octanol–water partition coefficient (Wildman–Crippen LogP) is 1.71. The second-order valence-electron chi connectivity index (χ2n) is 6.47. The number of hydrogen-bond acceptors (Lipinski definition) is 2. The number of β-lactam (4-membered cyclic amide) rings is 1. The van der Waals surface area contributed by atoms with Gasteiger partial charge in [0, 0.05) is 6.04 Å². The lowest BCUT2D eigenvalue weighted by atomic mass is 9.84. The predicted molar refractivity (Wildman–Crippen MR) is 78.0 cm³/mol. The van der Waals surface area contributed by atoms with Gasteiger partial charge in [-0.05, 0) is 24.3 Å². The van der Waals surface area contributed by atoms with Crippen LogP contribution in [-0.4, -0.2) is 37.4 Å². The summed E-state index contributed by atoms with van der Waals surface area (Å²) >= 11 is 0. The van der Waals surface area contributed by atoms with Gasteiger partial charge in [-0.25, -0.2) is 0 Å². The number of hydrogen-bond donors (Lipinski definition) is 1. The molecule has 1 amide bonds. The lowest BCUT2D eigenvalue weighted by Gasteiger charge is -2.52. The Hall–Kier alpha value is -0.613. The van der Waals surface area contributed by atoms with E-state index in [9.17, 15) is 9.90 Å². The summed E-state index contributed by atoms with van der Waals surface area (Å²) < 4.78 is 2.05. The minimum atomic E-state index is -0.651. The lowest BCUT2D eigenvalue weighted by Crippen LogP contribution is -2.66. The highest BCUT2D eigenvalue weighted by atomic mass is 28.2. The molecule has 1 heterocycles. The average molecular weight is 269 g/mol. The Labute approximate surface area is 113 Å². The van der Waals surface area contributed by atoms with Gasteiger partial charge in [0.25, 0.3) is 0 Å². The first kappa shape index (κ1) is 15.4. The van der Waals surface area contributed by atoms with Crippen LogP contribution in [0.3, 0.4) is 0 Å². The van der Waals surface area contributed by atoms with Crippen molar-refractivity contribution in [1.82, 2.24) is 4.57 Å². The zero-order valence-corrected chi connectivity index (χ0v) is 13.7. The van der Waals surface area contributed by atoms with Gasteiger partial charge in [0.1, 0.15) is 9.68 Å². The molecule has 0 radical (unpaired) electrons. The summed E-state index contributed by atoms with van der Waals surface area (Å²) in [5.41, 5.74) is 0. The molecule has 2 unspecified atom stereocenters. The molecule has 1 fully saturated rings. The monoisotopic (exact) mass is 269 g/mol. The van der Waals surface area contributed by atoms with Crippen LogP contribution in [-0.2, 0) is 4.79 Å². The van der Waals surface area contributed by atoms with Crippen molar-refractivity contribution < 1.29 is 9.90 Å². The van der Waals surface area contributed by atoms with E-state index >= 15 is 0 Å². The molecule has 3 nitrogen and oxygen atoms in total. The largest absolute Gasteiger partial charge is 0.393 e. The highest BCUT2D eigenvalue weighted by Crippen LogP contribution is 2.39. The molecule has 0 bridgehead atoms. The molecule has 0 saturated carbocycles. The molecule has 1 rings (SSSR count). The lowest BCUT2D eigenvalue weighted by molar-refractivity contribution is -0.153. The van der Waals surface area contributed by atoms with Crippen LogP contribution in [0.4, 0.5) is 0 Å². The third-order valence-electron chi connectivity index (χ3n) is 4.45. The normalized spacial score (nSPS) is 26.8. The highest BCUT2D eigenvalue weighted by molar-refractivity contribution is 6.42. The van der Waals surface area contributed by atoms with E-state index in [-0.39, 0.29) is 22.9 Å². The molecule has 1 N–H and O–H groups in total. The van der Waals surface area contributed by atoms with Gasteiger partial charge in [0.15, 0.2) is 0 Å². The Bertz CT molecular complexity index is 326. The Morgan fingerprint density at radius 1 is 1.50 bits per heavy atom. The first-order valence-corrected chi connectivity index (χ1v) is 8.15. The van der Waals surface area contributed by atoms with Crippen molar-refractivity contribution in [2.45, 2.75) is 58.2 Å². The van der Waals surface area contributed by atoms with Gasteiger partial charge in [0.2, 0.25) is 5.91 Å². The van der Waals surface area contributed by atoms with E-state index in [1.807, 2.05) is 6.08 Å². The molecule has 1 aliphatic rings. The molecule has 0 aromatic rings. The van der Waals surface area contributed by atoms with Crippen molar-refractivity contribution in [3.8, 4) is 0 Å². The van der Waals surface area contributed by atoms with Crippen LogP contribution in [0.5, 0.6) is 0 Å². The molecule has 0 aromatic carbocycles. The standard InChI is InChI=1S/C14H27NO2Si/c1-7-8-11-12(10(4)16)13(17)15(11)18-14(5,6)9(2)3/h7,9-12,16H,1,8,18H2,2-6H3/t10-,11?,12?/m1/s1. The summed E-state index contributed by atoms with van der Waals surface area (Å²) in [5.74, 6) is 0.516. The SMILES string of the molecule is C=CCC1C([C@@H](C)O)C(=O)N1[SiH2]C(C)(C)C(C)C. The van der Waals surface area contributed by atoms with Crippen LogP contribution in [0.1, 0.15) is 41.0 Å². The van der Waals surface area contributed by atoms with Crippen molar-refractivity contribution in [2.75, 3.05) is 0 Å². The third-order valence-corrected chi connectivity index (χ3v) is 7.20. The van der Waals surface area contributed by atoms with Gasteiger partial charge in [-0.1, -0.05) is 33.8 Å². The van der Waals surface area contributed by atoms with E-state index in [0.29, 0.717) is 5.92 Å². The Balaban J connectivity index is 2.77. The van der Waals surface area contributed by atoms with Gasteiger partial charge in [-0.2, -0.15) is 0 Å². The van der Waals surface area contributed by atoms with Gasteiger partial charge in [0.05, 0.1) is 12.0 Å². The van der Waals surface area contributed by atoms with E-state index < -0.39 is 15.8 Å². The number of amides is 1. The Morgan fingerprint density at radius 2 is 2.06 bits per heavy atom. The van der Waals surface area contributed by atoms with Crippen LogP contribution in [0.15, 0.2) is 12.7 Å². The highest BCUT2D eigenvalue weighted by Gasteiger charge is 2.49. The first-order chi connectivity index (χ1) is 8.22. The summed E-state index contributed by atoms with van der Waals surface area (Å²) in [5, 5.41) is 9.93. The van der Waals surface area contributed by atoms with Gasteiger partial charge >= 0.3 is 0 Å². The molecule has 4 heteroatoms. The van der Waals surface area contributed by atoms with Gasteiger partial charge in [-0.15, -0.1) is 6.58 Å². The second kappa shape index (κ2) is 5.57. The van der Waals surface area contributed by atoms with Gasteiger partial charge in [-0.3, -0.25) is 4.79 Å². The van der Waals surface area contributed by atoms with E-state index in [4.69, 9.17) is 0 Å². The molecule has 3 atom stereocenters. The average Bonchev–Trinajstić information content (AvgIpc) is 2.25. The fourth-order valence-corrected chi connectivity index (χ4v) is 4.64. The maximum Gasteiger partial charge on any atom is 0.222 e. The Morgan fingerprint density at radius 3 is 2.44 bits per heavy atom. The fourth-order valence-electron chi connectivity index (χ4n) is 2.42. The zero-order chi connectivity index (χ0) is 14.1. The summed E-state index contributed by atoms with van der Waals surface area (Å²) in [4.78, 5) is 12.2. The van der Waals surface area contributed by atoms with Crippen molar-refractivity contribution >= 4 is 15.6 Å². The van der Waals surface area contributed by atoms with Crippen LogP contribution in [0.25, 0.3) is 0 Å². The smallest absolute Gasteiger partial charge is 0.222 e. The number of rotatable bonds is 6. The molecule has 0 aliphatic carbocycles. The van der Waals surface area contributed by atoms with Crippen LogP contribution in [0.2, 0.25) is 5.04 Å². The first-order valence-electron chi connectivity index (χ1n) is 6.81. The Kier molecular flexibility index (Phi) is 4.78. The fraction of sp³-hybridized carbons (Fsp3) is 0.786. The molecular formula is C14H27NO2Si. The van der Waals surface area contributed by atoms with E-state index in [1.165, 1.54) is 0 Å². The minimum absolute atomic E-state index is 0.150. The molecule has 1 saturated heterocycles. The van der Waals surface area contributed by atoms with Crippen molar-refractivity contribution in [3.63, 3.8) is 0 Å². The summed E-state index contributed by atoms with van der Waals surface area (Å²) in [6, 6.07) is 0.180. The van der Waals surface area contributed by atoms with Crippen LogP contribution >= 0.6 is 0 Å². The van der Waals surface area contributed by atoms with E-state index in [0.717, 1.165) is 6.42 Å². The molecule has 104 valence electrons. The van der Waals surface area contributed by atoms with Crippen molar-refractivity contribution in [1.29, 1.82) is 0 Å². The summed E-state index contributed by atoms with van der Waals surface area (Å²) in [6.07, 6.45) is 2.11. The molecule has 18 heavy (non-hydrogen) atoms. The zero-order valence-electron chi connectivity index (χ0n) is 12.3. The van der Waals surface area contributed by atoms with Crippen molar-refractivity contribution in [3.05, 3.63) is 12.7 Å². The molecule has 1 aliphatic heterocycles. The number of carbonyl (C=O) groups excluding carboxylic acids is 1.